The summed E-state index contributed by atoms with van der Waals surface area (Å²) in [5, 5.41) is 11.8. The number of benzene rings is 4. The van der Waals surface area contributed by atoms with E-state index in [1.807, 2.05) is 91.9 Å². The van der Waals surface area contributed by atoms with Gasteiger partial charge in [-0.25, -0.2) is 0 Å². The molecule has 1 fully saturated rings. The minimum absolute atomic E-state index is 0.0583. The SMILES string of the molecule is C=CCO[C@H]1[C@@H](OCC)O[C@H](COC(c2ccccc2)(c2ccccc2)c2ccccc2)[C@@H](O)[C@@H]1OCc1ccccc1. The number of hydrogen-bond acceptors (Lipinski definition) is 6. The number of hydrogen-bond donors (Lipinski definition) is 1. The first kappa shape index (κ1) is 30.8. The van der Waals surface area contributed by atoms with Gasteiger partial charge < -0.3 is 28.8 Å². The first-order chi connectivity index (χ1) is 21.2. The van der Waals surface area contributed by atoms with Crippen LogP contribution >= 0.6 is 0 Å². The second-order valence-corrected chi connectivity index (χ2v) is 10.4. The van der Waals surface area contributed by atoms with Crippen LogP contribution in [-0.4, -0.2) is 55.6 Å². The molecule has 0 amide bonds. The molecule has 6 heteroatoms. The van der Waals surface area contributed by atoms with Crippen LogP contribution in [0.5, 0.6) is 0 Å². The quantitative estimate of drug-likeness (QED) is 0.140. The Morgan fingerprint density at radius 3 is 1.72 bits per heavy atom. The predicted octanol–water partition coefficient (Wildman–Crippen LogP) is 6.27. The van der Waals surface area contributed by atoms with E-state index in [2.05, 4.69) is 43.0 Å². The molecule has 1 heterocycles. The molecule has 1 aliphatic rings. The molecule has 43 heavy (non-hydrogen) atoms. The number of ether oxygens (including phenoxy) is 5. The Hall–Kier alpha value is -3.62. The Bertz CT molecular complexity index is 1270. The fourth-order valence-electron chi connectivity index (χ4n) is 5.62. The molecule has 5 atom stereocenters. The minimum atomic E-state index is -1.06. The topological polar surface area (TPSA) is 66.4 Å². The van der Waals surface area contributed by atoms with Crippen LogP contribution in [0.2, 0.25) is 0 Å². The summed E-state index contributed by atoms with van der Waals surface area (Å²) in [4.78, 5) is 0. The summed E-state index contributed by atoms with van der Waals surface area (Å²) in [5.41, 5.74) is 2.90. The molecule has 4 aromatic rings. The fraction of sp³-hybridized carbons (Fsp3) is 0.297. The van der Waals surface area contributed by atoms with Crippen LogP contribution in [0, 0.1) is 0 Å². The van der Waals surface area contributed by atoms with Crippen LogP contribution < -0.4 is 0 Å². The van der Waals surface area contributed by atoms with Gasteiger partial charge in [-0.15, -0.1) is 6.58 Å². The molecule has 0 spiro atoms. The van der Waals surface area contributed by atoms with E-state index in [-0.39, 0.29) is 13.2 Å². The standard InChI is InChI=1S/C37H40O6/c1-3-25-40-35-34(41-26-28-17-9-5-10-18-28)33(38)32(43-36(35)39-4-2)27-42-37(29-19-11-6-12-20-29,30-21-13-7-14-22-30)31-23-15-8-16-24-31/h3,5-24,32-36,38H,1,4,25-27H2,2H3/t32-,33-,34+,35-,36+/m1/s1. The zero-order chi connectivity index (χ0) is 29.9. The maximum Gasteiger partial charge on any atom is 0.186 e. The van der Waals surface area contributed by atoms with Crippen LogP contribution in [-0.2, 0) is 35.9 Å². The first-order valence-electron chi connectivity index (χ1n) is 14.8. The molecule has 1 saturated heterocycles. The van der Waals surface area contributed by atoms with Crippen molar-refractivity contribution < 1.29 is 28.8 Å². The molecule has 5 rings (SSSR count). The summed E-state index contributed by atoms with van der Waals surface area (Å²) in [6.07, 6.45) is -2.35. The molecule has 0 radical (unpaired) electrons. The van der Waals surface area contributed by atoms with Gasteiger partial charge in [0.1, 0.15) is 30.0 Å². The van der Waals surface area contributed by atoms with Gasteiger partial charge in [-0.3, -0.25) is 0 Å². The van der Waals surface area contributed by atoms with Gasteiger partial charge in [0.25, 0.3) is 0 Å². The van der Waals surface area contributed by atoms with Crippen molar-refractivity contribution in [3.63, 3.8) is 0 Å². The van der Waals surface area contributed by atoms with Gasteiger partial charge in [-0.2, -0.15) is 0 Å². The van der Waals surface area contributed by atoms with Gasteiger partial charge in [0, 0.05) is 6.61 Å². The van der Waals surface area contributed by atoms with Crippen LogP contribution in [0.15, 0.2) is 134 Å². The highest BCUT2D eigenvalue weighted by atomic mass is 16.7. The molecular formula is C37H40O6. The summed E-state index contributed by atoms with van der Waals surface area (Å²) in [6.45, 7) is 6.69. The summed E-state index contributed by atoms with van der Waals surface area (Å²) in [6, 6.07) is 40.2. The lowest BCUT2D eigenvalue weighted by molar-refractivity contribution is -0.319. The van der Waals surface area contributed by atoms with Gasteiger partial charge in [-0.1, -0.05) is 127 Å². The molecule has 4 aromatic carbocycles. The average molecular weight is 581 g/mol. The van der Waals surface area contributed by atoms with Gasteiger partial charge in [0.05, 0.1) is 19.8 Å². The molecule has 6 nitrogen and oxygen atoms in total. The molecule has 1 aliphatic heterocycles. The average Bonchev–Trinajstić information content (AvgIpc) is 3.07. The zero-order valence-corrected chi connectivity index (χ0v) is 24.5. The third kappa shape index (κ3) is 7.13. The molecule has 224 valence electrons. The largest absolute Gasteiger partial charge is 0.387 e. The molecule has 0 aromatic heterocycles. The number of aliphatic hydroxyl groups is 1. The summed E-state index contributed by atoms with van der Waals surface area (Å²) in [7, 11) is 0. The highest BCUT2D eigenvalue weighted by molar-refractivity contribution is 5.47. The molecular weight excluding hydrogens is 540 g/mol. The predicted molar refractivity (Wildman–Crippen MR) is 166 cm³/mol. The van der Waals surface area contributed by atoms with Gasteiger partial charge in [-0.05, 0) is 29.2 Å². The van der Waals surface area contributed by atoms with E-state index in [0.29, 0.717) is 13.2 Å². The van der Waals surface area contributed by atoms with E-state index < -0.39 is 36.3 Å². The zero-order valence-electron chi connectivity index (χ0n) is 24.5. The maximum atomic E-state index is 11.8. The number of rotatable bonds is 14. The van der Waals surface area contributed by atoms with Crippen molar-refractivity contribution in [3.8, 4) is 0 Å². The second kappa shape index (κ2) is 15.2. The summed E-state index contributed by atoms with van der Waals surface area (Å²) in [5.74, 6) is 0. The van der Waals surface area contributed by atoms with Crippen LogP contribution in [0.3, 0.4) is 0 Å². The fourth-order valence-corrected chi connectivity index (χ4v) is 5.62. The van der Waals surface area contributed by atoms with Crippen molar-refractivity contribution in [1.82, 2.24) is 0 Å². The lowest BCUT2D eigenvalue weighted by Gasteiger charge is -2.45. The second-order valence-electron chi connectivity index (χ2n) is 10.4. The lowest BCUT2D eigenvalue weighted by atomic mass is 9.80. The Morgan fingerprint density at radius 2 is 1.23 bits per heavy atom. The first-order valence-corrected chi connectivity index (χ1v) is 14.8. The molecule has 0 saturated carbocycles. The van der Waals surface area contributed by atoms with Crippen molar-refractivity contribution in [3.05, 3.63) is 156 Å². The van der Waals surface area contributed by atoms with E-state index in [1.54, 1.807) is 6.08 Å². The van der Waals surface area contributed by atoms with Crippen LogP contribution in [0.4, 0.5) is 0 Å². The lowest BCUT2D eigenvalue weighted by Crippen LogP contribution is -2.61. The van der Waals surface area contributed by atoms with Crippen molar-refractivity contribution in [2.24, 2.45) is 0 Å². The van der Waals surface area contributed by atoms with Crippen molar-refractivity contribution in [1.29, 1.82) is 0 Å². The van der Waals surface area contributed by atoms with E-state index in [1.165, 1.54) is 0 Å². The Morgan fingerprint density at radius 1 is 0.721 bits per heavy atom. The number of aliphatic hydroxyl groups excluding tert-OH is 1. The van der Waals surface area contributed by atoms with Gasteiger partial charge in [0.15, 0.2) is 6.29 Å². The summed E-state index contributed by atoms with van der Waals surface area (Å²) < 4.78 is 31.8. The van der Waals surface area contributed by atoms with Crippen molar-refractivity contribution in [2.45, 2.75) is 49.8 Å². The van der Waals surface area contributed by atoms with Crippen molar-refractivity contribution >= 4 is 0 Å². The Kier molecular flexibility index (Phi) is 10.9. The minimum Gasteiger partial charge on any atom is -0.387 e. The van der Waals surface area contributed by atoms with E-state index in [0.717, 1.165) is 22.3 Å². The third-order valence-corrected chi connectivity index (χ3v) is 7.65. The third-order valence-electron chi connectivity index (χ3n) is 7.65. The highest BCUT2D eigenvalue weighted by Crippen LogP contribution is 2.41. The van der Waals surface area contributed by atoms with E-state index >= 15 is 0 Å². The molecule has 0 bridgehead atoms. The van der Waals surface area contributed by atoms with Crippen LogP contribution in [0.1, 0.15) is 29.2 Å². The normalized spacial score (nSPS) is 22.2. The molecule has 1 N–H and O–H groups in total. The summed E-state index contributed by atoms with van der Waals surface area (Å²) >= 11 is 0. The van der Waals surface area contributed by atoms with Gasteiger partial charge >= 0.3 is 0 Å². The molecule has 0 unspecified atom stereocenters. The monoisotopic (exact) mass is 580 g/mol. The van der Waals surface area contributed by atoms with Crippen LogP contribution in [0.25, 0.3) is 0 Å². The Balaban J connectivity index is 1.49. The Labute approximate surface area is 254 Å². The molecule has 0 aliphatic carbocycles. The van der Waals surface area contributed by atoms with E-state index in [9.17, 15) is 5.11 Å². The smallest absolute Gasteiger partial charge is 0.186 e. The van der Waals surface area contributed by atoms with Gasteiger partial charge in [0.2, 0.25) is 0 Å². The van der Waals surface area contributed by atoms with Crippen molar-refractivity contribution in [2.75, 3.05) is 19.8 Å². The van der Waals surface area contributed by atoms with E-state index in [4.69, 9.17) is 23.7 Å². The highest BCUT2D eigenvalue weighted by Gasteiger charge is 2.49. The maximum absolute atomic E-state index is 11.8.